The number of sulfonamides is 1. The fourth-order valence-corrected chi connectivity index (χ4v) is 5.65. The summed E-state index contributed by atoms with van der Waals surface area (Å²) in [7, 11) is -0.526. The fourth-order valence-electron chi connectivity index (χ4n) is 3.68. The molecule has 1 saturated heterocycles. The number of carbonyl (C=O) groups is 1. The van der Waals surface area contributed by atoms with Crippen molar-refractivity contribution in [2.45, 2.75) is 18.2 Å². The molecule has 4 rings (SSSR count). The van der Waals surface area contributed by atoms with E-state index in [0.717, 1.165) is 34.5 Å². The number of nitrogens with zero attached hydrogens (tertiary/aromatic N) is 4. The number of amides is 1. The van der Waals surface area contributed by atoms with E-state index in [1.807, 2.05) is 4.90 Å². The van der Waals surface area contributed by atoms with E-state index in [4.69, 9.17) is 4.98 Å². The summed E-state index contributed by atoms with van der Waals surface area (Å²) in [5.74, 6) is -0.0778. The number of anilines is 1. The first-order valence-corrected chi connectivity index (χ1v) is 12.5. The van der Waals surface area contributed by atoms with Crippen molar-refractivity contribution < 1.29 is 13.2 Å². The van der Waals surface area contributed by atoms with Gasteiger partial charge in [0.2, 0.25) is 10.0 Å². The molecule has 1 amide bonds. The van der Waals surface area contributed by atoms with E-state index in [1.165, 1.54) is 36.5 Å². The van der Waals surface area contributed by atoms with Crippen LogP contribution in [0.15, 0.2) is 47.4 Å². The highest BCUT2D eigenvalue weighted by Crippen LogP contribution is 2.31. The number of hydrogen-bond acceptors (Lipinski definition) is 6. The Labute approximate surface area is 187 Å². The molecule has 31 heavy (non-hydrogen) atoms. The first-order chi connectivity index (χ1) is 14.8. The molecule has 0 bridgehead atoms. The summed E-state index contributed by atoms with van der Waals surface area (Å²) >= 11 is 1.70. The normalized spacial score (nSPS) is 15.1. The van der Waals surface area contributed by atoms with Gasteiger partial charge in [0.1, 0.15) is 0 Å². The Morgan fingerprint density at radius 2 is 1.74 bits per heavy atom. The van der Waals surface area contributed by atoms with Gasteiger partial charge in [-0.25, -0.2) is 17.7 Å². The monoisotopic (exact) mass is 458 g/mol. The highest BCUT2D eigenvalue weighted by molar-refractivity contribution is 7.89. The molecule has 2 heterocycles. The maximum Gasteiger partial charge on any atom is 0.253 e. The Kier molecular flexibility index (Phi) is 6.00. The SMILES string of the molecule is CCc1cccc2sc(N3CCN(C(=O)c4ccc(S(=O)(=O)N(C)C)cc4)CC3)nc12. The number of fused-ring (bicyclic) bond motifs is 1. The second kappa shape index (κ2) is 8.57. The second-order valence-corrected chi connectivity index (χ2v) is 10.9. The van der Waals surface area contributed by atoms with Crippen LogP contribution in [0.2, 0.25) is 0 Å². The molecule has 0 spiro atoms. The average Bonchev–Trinajstić information content (AvgIpc) is 3.23. The zero-order chi connectivity index (χ0) is 22.2. The van der Waals surface area contributed by atoms with Gasteiger partial charge in [0.25, 0.3) is 5.91 Å². The smallest absolute Gasteiger partial charge is 0.253 e. The summed E-state index contributed by atoms with van der Waals surface area (Å²) in [5, 5.41) is 1.00. The first kappa shape index (κ1) is 21.7. The van der Waals surface area contributed by atoms with Gasteiger partial charge >= 0.3 is 0 Å². The van der Waals surface area contributed by atoms with Gasteiger partial charge < -0.3 is 9.80 Å². The maximum absolute atomic E-state index is 12.9. The molecule has 1 aliphatic rings. The molecular formula is C22H26N4O3S2. The minimum Gasteiger partial charge on any atom is -0.345 e. The van der Waals surface area contributed by atoms with Crippen LogP contribution in [0.3, 0.4) is 0 Å². The molecule has 1 aromatic heterocycles. The van der Waals surface area contributed by atoms with Crippen LogP contribution in [0, 0.1) is 0 Å². The lowest BCUT2D eigenvalue weighted by molar-refractivity contribution is 0.0746. The third kappa shape index (κ3) is 4.17. The van der Waals surface area contributed by atoms with Gasteiger partial charge in [-0.05, 0) is 42.3 Å². The number of thiazole rings is 1. The molecule has 0 radical (unpaired) electrons. The number of benzene rings is 2. The van der Waals surface area contributed by atoms with Crippen LogP contribution >= 0.6 is 11.3 Å². The molecule has 1 fully saturated rings. The van der Waals surface area contributed by atoms with E-state index in [-0.39, 0.29) is 10.8 Å². The van der Waals surface area contributed by atoms with Crippen LogP contribution in [0.4, 0.5) is 5.13 Å². The van der Waals surface area contributed by atoms with E-state index < -0.39 is 10.0 Å². The summed E-state index contributed by atoms with van der Waals surface area (Å²) in [6.07, 6.45) is 0.956. The van der Waals surface area contributed by atoms with E-state index >= 15 is 0 Å². The van der Waals surface area contributed by atoms with Crippen molar-refractivity contribution in [3.63, 3.8) is 0 Å². The molecule has 2 aromatic carbocycles. The number of para-hydroxylation sites is 1. The van der Waals surface area contributed by atoms with Gasteiger partial charge in [0.15, 0.2) is 5.13 Å². The Morgan fingerprint density at radius 3 is 2.35 bits per heavy atom. The number of aromatic nitrogens is 1. The maximum atomic E-state index is 12.9. The van der Waals surface area contributed by atoms with Crippen molar-refractivity contribution in [3.8, 4) is 0 Å². The Hall–Kier alpha value is -2.49. The number of hydrogen-bond donors (Lipinski definition) is 0. The molecule has 0 saturated carbocycles. The van der Waals surface area contributed by atoms with Gasteiger partial charge in [0, 0.05) is 45.8 Å². The lowest BCUT2D eigenvalue weighted by Crippen LogP contribution is -2.48. The lowest BCUT2D eigenvalue weighted by atomic mass is 10.1. The van der Waals surface area contributed by atoms with E-state index in [1.54, 1.807) is 23.5 Å². The third-order valence-electron chi connectivity index (χ3n) is 5.59. The van der Waals surface area contributed by atoms with Gasteiger partial charge in [-0.1, -0.05) is 30.4 Å². The molecular weight excluding hydrogens is 432 g/mol. The molecule has 3 aromatic rings. The minimum absolute atomic E-state index is 0.0778. The summed E-state index contributed by atoms with van der Waals surface area (Å²) < 4.78 is 26.8. The van der Waals surface area contributed by atoms with E-state index in [9.17, 15) is 13.2 Å². The molecule has 7 nitrogen and oxygen atoms in total. The highest BCUT2D eigenvalue weighted by Gasteiger charge is 2.25. The minimum atomic E-state index is -3.50. The standard InChI is InChI=1S/C22H26N4O3S2/c1-4-16-6-5-7-19-20(16)23-22(30-19)26-14-12-25(13-15-26)21(27)17-8-10-18(11-9-17)31(28,29)24(2)3/h5-11H,4,12-15H2,1-3H3. The van der Waals surface area contributed by atoms with Gasteiger partial charge in [-0.3, -0.25) is 4.79 Å². The van der Waals surface area contributed by atoms with Crippen molar-refractivity contribution in [1.82, 2.24) is 14.2 Å². The molecule has 0 aliphatic carbocycles. The Bertz CT molecular complexity index is 1200. The lowest BCUT2D eigenvalue weighted by Gasteiger charge is -2.34. The molecule has 9 heteroatoms. The topological polar surface area (TPSA) is 73.8 Å². The van der Waals surface area contributed by atoms with E-state index in [2.05, 4.69) is 30.0 Å². The number of rotatable bonds is 5. The molecule has 1 aliphatic heterocycles. The van der Waals surface area contributed by atoms with Crippen molar-refractivity contribution in [2.24, 2.45) is 0 Å². The predicted molar refractivity (Wildman–Crippen MR) is 124 cm³/mol. The Morgan fingerprint density at radius 1 is 1.06 bits per heavy atom. The molecule has 0 N–H and O–H groups in total. The Balaban J connectivity index is 1.43. The van der Waals surface area contributed by atoms with Crippen molar-refractivity contribution >= 4 is 42.6 Å². The quantitative estimate of drug-likeness (QED) is 0.588. The van der Waals surface area contributed by atoms with Crippen LogP contribution in [-0.4, -0.2) is 68.8 Å². The number of piperazine rings is 1. The summed E-state index contributed by atoms with van der Waals surface area (Å²) in [4.78, 5) is 22.0. The van der Waals surface area contributed by atoms with Crippen LogP contribution in [0.25, 0.3) is 10.2 Å². The van der Waals surface area contributed by atoms with Crippen LogP contribution < -0.4 is 4.90 Å². The predicted octanol–water partition coefficient (Wildman–Crippen LogP) is 3.07. The highest BCUT2D eigenvalue weighted by atomic mass is 32.2. The van der Waals surface area contributed by atoms with Crippen LogP contribution in [0.1, 0.15) is 22.8 Å². The third-order valence-corrected chi connectivity index (χ3v) is 8.50. The fraction of sp³-hybridized carbons (Fsp3) is 0.364. The molecule has 0 atom stereocenters. The summed E-state index contributed by atoms with van der Waals surface area (Å²) in [6, 6.07) is 12.5. The zero-order valence-corrected chi connectivity index (χ0v) is 19.5. The average molecular weight is 459 g/mol. The van der Waals surface area contributed by atoms with Gasteiger partial charge in [-0.2, -0.15) is 0 Å². The van der Waals surface area contributed by atoms with Crippen molar-refractivity contribution in [2.75, 3.05) is 45.2 Å². The van der Waals surface area contributed by atoms with Crippen LogP contribution in [0.5, 0.6) is 0 Å². The van der Waals surface area contributed by atoms with Gasteiger partial charge in [0.05, 0.1) is 15.1 Å². The van der Waals surface area contributed by atoms with Crippen molar-refractivity contribution in [1.29, 1.82) is 0 Å². The molecule has 0 unspecified atom stereocenters. The van der Waals surface area contributed by atoms with E-state index in [0.29, 0.717) is 18.7 Å². The number of aryl methyl sites for hydroxylation is 1. The zero-order valence-electron chi connectivity index (χ0n) is 17.9. The summed E-state index contributed by atoms with van der Waals surface area (Å²) in [5.41, 5.74) is 2.84. The van der Waals surface area contributed by atoms with Gasteiger partial charge in [-0.15, -0.1) is 0 Å². The molecule has 164 valence electrons. The van der Waals surface area contributed by atoms with Crippen LogP contribution in [-0.2, 0) is 16.4 Å². The number of carbonyl (C=O) groups excluding carboxylic acids is 1. The largest absolute Gasteiger partial charge is 0.345 e. The summed E-state index contributed by atoms with van der Waals surface area (Å²) in [6.45, 7) is 4.79. The van der Waals surface area contributed by atoms with Crippen molar-refractivity contribution in [3.05, 3.63) is 53.6 Å². The second-order valence-electron chi connectivity index (χ2n) is 7.70. The first-order valence-electron chi connectivity index (χ1n) is 10.3.